The molecule has 8 nitrogen and oxygen atoms in total. The molecule has 720 valence electrons. The number of fused-ring (bicyclic) bond motifs is 13. The predicted octanol–water partition coefficient (Wildman–Crippen LogP) is 37.3. The lowest BCUT2D eigenvalue weighted by Crippen LogP contribution is -2.28. The number of aryl methyl sites for hydroxylation is 3. The van der Waals surface area contributed by atoms with Crippen LogP contribution >= 0.6 is 0 Å². The topological polar surface area (TPSA) is 25.9 Å². The van der Waals surface area contributed by atoms with Gasteiger partial charge < -0.3 is 39.2 Å². The van der Waals surface area contributed by atoms with Gasteiger partial charge in [-0.2, -0.15) is 0 Å². The minimum atomic E-state index is -0.449. The molecule has 22 aromatic carbocycles. The number of hydrogen-bond acceptors (Lipinski definition) is 8. The monoisotopic (exact) mass is 1920 g/mol. The van der Waals surface area contributed by atoms with Crippen LogP contribution in [0, 0.1) is 20.8 Å². The maximum absolute atomic E-state index is 2.45. The van der Waals surface area contributed by atoms with Gasteiger partial charge in [0, 0.05) is 142 Å². The maximum Gasteiger partial charge on any atom is 0.0726 e. The Kier molecular flexibility index (Phi) is 27.2. The third-order valence-corrected chi connectivity index (χ3v) is 29.3. The highest BCUT2D eigenvalue weighted by molar-refractivity contribution is 5.98. The summed E-state index contributed by atoms with van der Waals surface area (Å²) in [5.74, 6) is 0. The van der Waals surface area contributed by atoms with Crippen molar-refractivity contribution in [1.82, 2.24) is 0 Å². The Bertz CT molecular complexity index is 7950. The molecule has 3 aliphatic carbocycles. The average molecular weight is 1920 g/mol. The molecule has 0 fully saturated rings. The van der Waals surface area contributed by atoms with Crippen LogP contribution in [0.15, 0.2) is 576 Å². The summed E-state index contributed by atoms with van der Waals surface area (Å²) in [6, 6.07) is 207. The lowest BCUT2D eigenvalue weighted by Gasteiger charge is -2.35. The van der Waals surface area contributed by atoms with E-state index >= 15 is 0 Å². The van der Waals surface area contributed by atoms with Gasteiger partial charge in [-0.15, -0.1) is 0 Å². The summed E-state index contributed by atoms with van der Waals surface area (Å²) in [5, 5.41) is 0. The highest BCUT2D eigenvalue weighted by atomic mass is 15.2. The molecule has 0 bridgehead atoms. The van der Waals surface area contributed by atoms with Gasteiger partial charge >= 0.3 is 0 Å². The number of nitrogens with zero attached hydrogens (tertiary/aromatic N) is 8. The number of hydrogen-bond donors (Lipinski definition) is 0. The minimum absolute atomic E-state index is 0.375. The number of rotatable bonds is 22. The quantitative estimate of drug-likeness (QED) is 0.0662. The van der Waals surface area contributed by atoms with Crippen LogP contribution in [0.3, 0.4) is 0 Å². The second kappa shape index (κ2) is 42.6. The fourth-order valence-electron chi connectivity index (χ4n) is 22.1. The Morgan fingerprint density at radius 2 is 0.282 bits per heavy atom. The van der Waals surface area contributed by atoms with E-state index in [2.05, 4.69) is 652 Å². The zero-order chi connectivity index (χ0) is 101. The Morgan fingerprint density at radius 3 is 0.530 bits per heavy atom. The van der Waals surface area contributed by atoms with Gasteiger partial charge in [0.25, 0.3) is 0 Å². The first-order valence-electron chi connectivity index (χ1n) is 51.2. The highest BCUT2D eigenvalue weighted by Gasteiger charge is 2.52. The Morgan fingerprint density at radius 1 is 0.121 bits per heavy atom. The van der Waals surface area contributed by atoms with Gasteiger partial charge in [-0.25, -0.2) is 0 Å². The van der Waals surface area contributed by atoms with Crippen molar-refractivity contribution in [3.8, 4) is 33.4 Å². The molecule has 22 aromatic rings. The molecule has 0 aromatic heterocycles. The molecule has 0 unspecified atom stereocenters. The average Bonchev–Trinajstić information content (AvgIpc) is 1.50. The molecule has 0 saturated heterocycles. The fourth-order valence-corrected chi connectivity index (χ4v) is 22.1. The van der Waals surface area contributed by atoms with Crippen molar-refractivity contribution in [2.75, 3.05) is 67.4 Å². The Balaban J connectivity index is 0.000000115. The third-order valence-electron chi connectivity index (χ3n) is 29.3. The van der Waals surface area contributed by atoms with Crippen molar-refractivity contribution in [2.24, 2.45) is 0 Å². The number of anilines is 20. The Hall–Kier alpha value is -18.8. The first-order chi connectivity index (χ1) is 73.3. The molecular weight excluding hydrogens is 1810 g/mol. The molecule has 149 heavy (non-hydrogen) atoms. The lowest BCUT2D eigenvalue weighted by atomic mass is 9.67. The molecule has 0 radical (unpaired) electrons. The van der Waals surface area contributed by atoms with Crippen LogP contribution < -0.4 is 39.2 Å². The zero-order valence-electron chi connectivity index (χ0n) is 84.9. The molecule has 0 N–H and O–H groups in total. The van der Waals surface area contributed by atoms with Crippen LogP contribution in [-0.4, -0.2) is 28.2 Å². The van der Waals surface area contributed by atoms with Crippen LogP contribution in [0.5, 0.6) is 0 Å². The number of para-hydroxylation sites is 7. The first-order valence-corrected chi connectivity index (χ1v) is 51.2. The zero-order valence-corrected chi connectivity index (χ0v) is 84.9. The largest absolute Gasteiger partial charge is 0.345 e. The van der Waals surface area contributed by atoms with Gasteiger partial charge in [-0.05, 0) is 358 Å². The Labute approximate surface area is 877 Å². The van der Waals surface area contributed by atoms with Gasteiger partial charge in [-0.3, -0.25) is 0 Å². The summed E-state index contributed by atoms with van der Waals surface area (Å²) < 4.78 is 0. The maximum atomic E-state index is 2.45. The normalized spacial score (nSPS) is 12.0. The van der Waals surface area contributed by atoms with E-state index in [9.17, 15) is 0 Å². The van der Waals surface area contributed by atoms with E-state index in [4.69, 9.17) is 0 Å². The van der Waals surface area contributed by atoms with Crippen LogP contribution in [0.1, 0.15) is 61.2 Å². The molecule has 0 aliphatic heterocycles. The lowest BCUT2D eigenvalue weighted by molar-refractivity contribution is 0.768. The molecule has 0 heterocycles. The van der Waals surface area contributed by atoms with E-state index in [1.807, 2.05) is 12.1 Å². The summed E-state index contributed by atoms with van der Waals surface area (Å²) in [5.41, 5.74) is 44.3. The van der Waals surface area contributed by atoms with Crippen LogP contribution in [-0.2, 0) is 10.8 Å². The molecule has 8 heteroatoms. The van der Waals surface area contributed by atoms with Crippen LogP contribution in [0.2, 0.25) is 0 Å². The van der Waals surface area contributed by atoms with E-state index in [1.54, 1.807) is 0 Å². The molecule has 1 spiro atoms. The molecule has 0 saturated carbocycles. The third kappa shape index (κ3) is 18.8. The fraction of sp³-hybridized carbons (Fsp3) is 0.0638. The summed E-state index contributed by atoms with van der Waals surface area (Å²) >= 11 is 0. The number of benzene rings is 22. The van der Waals surface area contributed by atoms with Crippen molar-refractivity contribution in [2.45, 2.75) is 31.6 Å². The van der Waals surface area contributed by atoms with E-state index in [1.165, 1.54) is 117 Å². The van der Waals surface area contributed by atoms with Crippen molar-refractivity contribution < 1.29 is 0 Å². The molecular formula is C141H116N8. The summed E-state index contributed by atoms with van der Waals surface area (Å²) in [6.07, 6.45) is 0. The second-order valence-electron chi connectivity index (χ2n) is 38.4. The summed E-state index contributed by atoms with van der Waals surface area (Å²) in [6.45, 7) is 6.40. The van der Waals surface area contributed by atoms with Gasteiger partial charge in [0.1, 0.15) is 0 Å². The molecule has 3 aliphatic rings. The predicted molar refractivity (Wildman–Crippen MR) is 630 cm³/mol. The van der Waals surface area contributed by atoms with Crippen molar-refractivity contribution in [1.29, 1.82) is 0 Å². The molecule has 0 atom stereocenters. The van der Waals surface area contributed by atoms with Crippen LogP contribution in [0.25, 0.3) is 33.4 Å². The van der Waals surface area contributed by atoms with Crippen molar-refractivity contribution in [3.05, 3.63) is 638 Å². The minimum Gasteiger partial charge on any atom is -0.345 e. The van der Waals surface area contributed by atoms with E-state index in [-0.39, 0.29) is 5.41 Å². The smallest absolute Gasteiger partial charge is 0.0726 e. The summed E-state index contributed by atoms with van der Waals surface area (Å²) in [7, 11) is 8.43. The van der Waals surface area contributed by atoms with Gasteiger partial charge in [0.2, 0.25) is 0 Å². The van der Waals surface area contributed by atoms with Gasteiger partial charge in [0.05, 0.1) is 10.8 Å². The van der Waals surface area contributed by atoms with E-state index in [0.29, 0.717) is 0 Å². The van der Waals surface area contributed by atoms with E-state index in [0.717, 1.165) is 91.0 Å². The van der Waals surface area contributed by atoms with Gasteiger partial charge in [-0.1, -0.05) is 334 Å². The van der Waals surface area contributed by atoms with Crippen LogP contribution in [0.4, 0.5) is 114 Å². The van der Waals surface area contributed by atoms with E-state index < -0.39 is 5.41 Å². The van der Waals surface area contributed by atoms with Gasteiger partial charge in [0.15, 0.2) is 0 Å². The molecule has 25 rings (SSSR count). The van der Waals surface area contributed by atoms with Crippen molar-refractivity contribution in [3.63, 3.8) is 0 Å². The van der Waals surface area contributed by atoms with Crippen molar-refractivity contribution >= 4 is 114 Å². The highest BCUT2D eigenvalue weighted by Crippen LogP contribution is 2.64. The first kappa shape index (κ1) is 95.1. The SMILES string of the molecule is CN(c1ccccc1)c1ccc(N(c2ccccc2)c2ccc3c(c2)C(c2ccccc2)(c2ccccc2)c2ccccc2-3)cc1.CN(c1ccccc1)c1ccc(N(c2ccccc2)c2ccc3c(c2)C2(c4ccccc4-c4ccccc42)c2ccccc2-3)cc1.Cc1cccc(N(c2ccc(N(C)c3ccccc3)cc2)c2cccc(C)c2)c1.Cc1cccc(N(c2ccccc2)c2ccc(N(C)c3ccccc3)cc2)c1. The summed E-state index contributed by atoms with van der Waals surface area (Å²) in [4.78, 5) is 18.2. The molecule has 0 amide bonds. The second-order valence-corrected chi connectivity index (χ2v) is 38.4. The standard InChI is InChI=1S/C44H32N2.C44H34N2.C27H26N2.C26H24N2/c1-45(31-14-4-2-5-15-31)32-24-26-34(27-25-32)46(33-16-6-3-7-17-33)35-28-29-39-38-20-10-13-23-42(38)44(43(39)30-35)40-21-11-8-18-36(40)37-19-9-12-22-41(37)44;1-45(35-20-10-4-11-21-35)36-26-28-38(29-27-36)46(37-22-12-5-13-23-37)39-30-31-41-40-24-14-15-25-42(40)44(43(41)32-39,33-16-6-2-7-17-33)34-18-8-3-9-19-34;1-21-9-7-13-26(19-21)29(27-14-8-10-22(2)20-27)25-17-15-24(16-18-25)28(3)23-11-5-4-6-12-23;1-21-10-9-15-26(20-21)28(24-13-7-4-8-14-24)25-18-16-23(17-19-25)27(2)22-11-5-3-6-12-22/h2-30H,1H3;2-32H,1H3;4-20H,1-3H3;3-20H,1-2H3.